The molecule has 0 N–H and O–H groups in total. The Bertz CT molecular complexity index is 258. The summed E-state index contributed by atoms with van der Waals surface area (Å²) in [4.78, 5) is 2.81. The van der Waals surface area contributed by atoms with E-state index < -0.39 is 0 Å². The summed E-state index contributed by atoms with van der Waals surface area (Å²) in [6.45, 7) is 10.4. The molecule has 0 bridgehead atoms. The zero-order valence-electron chi connectivity index (χ0n) is 11.8. The van der Waals surface area contributed by atoms with Crippen LogP contribution in [0, 0.1) is 5.92 Å². The van der Waals surface area contributed by atoms with Gasteiger partial charge in [0, 0.05) is 12.1 Å². The minimum atomic E-state index is 0.740. The maximum absolute atomic E-state index is 4.32. The molecule has 0 unspecified atom stereocenters. The fraction of sp³-hybridized carbons (Fsp3) is 0.875. The smallest absolute Gasteiger partial charge is 0.0161 e. The first kappa shape index (κ1) is 13.1. The van der Waals surface area contributed by atoms with Gasteiger partial charge in [0.25, 0.3) is 0 Å². The number of unbranched alkanes of at least 4 members (excludes halogenated alkanes) is 3. The molecule has 0 radical (unpaired) electrons. The Balaban J connectivity index is 1.86. The predicted molar refractivity (Wildman–Crippen MR) is 75.2 cm³/mol. The zero-order valence-corrected chi connectivity index (χ0v) is 11.8. The summed E-state index contributed by atoms with van der Waals surface area (Å²) in [6, 6.07) is 1.65. The second-order valence-corrected chi connectivity index (χ2v) is 6.10. The van der Waals surface area contributed by atoms with Crippen LogP contribution in [0.1, 0.15) is 65.2 Å². The molecule has 0 spiro atoms. The van der Waals surface area contributed by atoms with Crippen LogP contribution in [-0.2, 0) is 0 Å². The predicted octanol–water partition coefficient (Wildman–Crippen LogP) is 4.39. The number of hydrogen-bond donors (Lipinski definition) is 0. The van der Waals surface area contributed by atoms with Crippen molar-refractivity contribution in [2.45, 2.75) is 77.3 Å². The first-order chi connectivity index (χ1) is 8.24. The molecule has 0 amide bonds. The van der Waals surface area contributed by atoms with Crippen LogP contribution in [0.2, 0.25) is 0 Å². The van der Waals surface area contributed by atoms with Crippen molar-refractivity contribution in [1.82, 2.24) is 4.90 Å². The van der Waals surface area contributed by atoms with Crippen LogP contribution in [0.25, 0.3) is 0 Å². The highest BCUT2D eigenvalue weighted by atomic mass is 15.2. The van der Waals surface area contributed by atoms with Gasteiger partial charge in [-0.05, 0) is 38.1 Å². The molecular formula is C16H29N. The lowest BCUT2D eigenvalue weighted by Gasteiger charge is -2.43. The van der Waals surface area contributed by atoms with Gasteiger partial charge in [-0.1, -0.05) is 51.7 Å². The maximum atomic E-state index is 4.32. The Kier molecular flexibility index (Phi) is 4.67. The largest absolute Gasteiger partial charge is 0.297 e. The molecule has 0 aromatic rings. The van der Waals surface area contributed by atoms with Crippen molar-refractivity contribution in [3.63, 3.8) is 0 Å². The van der Waals surface area contributed by atoms with Crippen LogP contribution in [-0.4, -0.2) is 23.5 Å². The number of piperidine rings is 1. The SMILES string of the molecule is C=C1C[C@@H](CCCCCC)N2CCC[C@H]2[C@H]1C. The normalized spacial score (nSPS) is 34.0. The molecule has 1 heteroatoms. The number of fused-ring (bicyclic) bond motifs is 1. The van der Waals surface area contributed by atoms with Crippen molar-refractivity contribution in [3.05, 3.63) is 12.2 Å². The fourth-order valence-corrected chi connectivity index (χ4v) is 3.76. The molecule has 0 saturated carbocycles. The standard InChI is InChI=1S/C16H29N/c1-4-5-6-7-9-15-12-13(2)14(3)16-10-8-11-17(15)16/h14-16H,2,4-12H2,1,3H3/t14-,15+,16-/m0/s1. The van der Waals surface area contributed by atoms with Crippen LogP contribution in [0.3, 0.4) is 0 Å². The third kappa shape index (κ3) is 2.93. The van der Waals surface area contributed by atoms with Crippen molar-refractivity contribution in [2.75, 3.05) is 6.54 Å². The Morgan fingerprint density at radius 2 is 2.12 bits per heavy atom. The van der Waals surface area contributed by atoms with Crippen molar-refractivity contribution in [2.24, 2.45) is 5.92 Å². The first-order valence-corrected chi connectivity index (χ1v) is 7.67. The lowest BCUT2D eigenvalue weighted by Crippen LogP contribution is -2.47. The number of hydrogen-bond acceptors (Lipinski definition) is 1. The molecule has 2 aliphatic heterocycles. The number of rotatable bonds is 5. The minimum Gasteiger partial charge on any atom is -0.297 e. The topological polar surface area (TPSA) is 3.24 Å². The Morgan fingerprint density at radius 1 is 1.29 bits per heavy atom. The molecule has 2 rings (SSSR count). The van der Waals surface area contributed by atoms with E-state index in [2.05, 4.69) is 25.3 Å². The third-order valence-corrected chi connectivity index (χ3v) is 4.92. The molecule has 0 aromatic carbocycles. The van der Waals surface area contributed by atoms with Gasteiger partial charge >= 0.3 is 0 Å². The van der Waals surface area contributed by atoms with Gasteiger partial charge in [-0.2, -0.15) is 0 Å². The van der Waals surface area contributed by atoms with E-state index in [9.17, 15) is 0 Å². The average Bonchev–Trinajstić information content (AvgIpc) is 2.80. The summed E-state index contributed by atoms with van der Waals surface area (Å²) < 4.78 is 0. The van der Waals surface area contributed by atoms with E-state index in [1.165, 1.54) is 63.5 Å². The van der Waals surface area contributed by atoms with Gasteiger partial charge in [-0.15, -0.1) is 0 Å². The molecule has 98 valence electrons. The van der Waals surface area contributed by atoms with Crippen LogP contribution in [0.15, 0.2) is 12.2 Å². The Morgan fingerprint density at radius 3 is 2.88 bits per heavy atom. The van der Waals surface area contributed by atoms with Gasteiger partial charge in [0.1, 0.15) is 0 Å². The Labute approximate surface area is 107 Å². The lowest BCUT2D eigenvalue weighted by molar-refractivity contribution is 0.109. The Hall–Kier alpha value is -0.300. The number of nitrogens with zero attached hydrogens (tertiary/aromatic N) is 1. The summed E-state index contributed by atoms with van der Waals surface area (Å²) in [6.07, 6.45) is 11.1. The van der Waals surface area contributed by atoms with Gasteiger partial charge < -0.3 is 0 Å². The van der Waals surface area contributed by atoms with Crippen molar-refractivity contribution in [3.8, 4) is 0 Å². The van der Waals surface area contributed by atoms with Gasteiger partial charge in [-0.25, -0.2) is 0 Å². The van der Waals surface area contributed by atoms with Crippen molar-refractivity contribution < 1.29 is 0 Å². The summed E-state index contributed by atoms with van der Waals surface area (Å²) >= 11 is 0. The van der Waals surface area contributed by atoms with Crippen LogP contribution in [0.4, 0.5) is 0 Å². The van der Waals surface area contributed by atoms with E-state index in [1.807, 2.05) is 0 Å². The van der Waals surface area contributed by atoms with E-state index in [-0.39, 0.29) is 0 Å². The van der Waals surface area contributed by atoms with Crippen LogP contribution < -0.4 is 0 Å². The first-order valence-electron chi connectivity index (χ1n) is 7.67. The highest BCUT2D eigenvalue weighted by molar-refractivity contribution is 5.12. The van der Waals surface area contributed by atoms with E-state index in [4.69, 9.17) is 0 Å². The third-order valence-electron chi connectivity index (χ3n) is 4.92. The molecule has 0 aromatic heterocycles. The molecule has 2 aliphatic rings. The monoisotopic (exact) mass is 235 g/mol. The summed E-state index contributed by atoms with van der Waals surface area (Å²) in [5.41, 5.74) is 1.52. The second-order valence-electron chi connectivity index (χ2n) is 6.10. The highest BCUT2D eigenvalue weighted by Gasteiger charge is 2.39. The van der Waals surface area contributed by atoms with Crippen LogP contribution in [0.5, 0.6) is 0 Å². The molecule has 3 atom stereocenters. The summed E-state index contributed by atoms with van der Waals surface area (Å²) in [5, 5.41) is 0. The molecule has 2 saturated heterocycles. The van der Waals surface area contributed by atoms with E-state index in [1.54, 1.807) is 0 Å². The second kappa shape index (κ2) is 6.04. The van der Waals surface area contributed by atoms with Gasteiger partial charge in [0.2, 0.25) is 0 Å². The molecule has 2 heterocycles. The van der Waals surface area contributed by atoms with Crippen LogP contribution >= 0.6 is 0 Å². The minimum absolute atomic E-state index is 0.740. The quantitative estimate of drug-likeness (QED) is 0.505. The summed E-state index contributed by atoms with van der Waals surface area (Å²) in [5.74, 6) is 0.740. The van der Waals surface area contributed by atoms with Crippen molar-refractivity contribution in [1.29, 1.82) is 0 Å². The average molecular weight is 235 g/mol. The fourth-order valence-electron chi connectivity index (χ4n) is 3.76. The van der Waals surface area contributed by atoms with Gasteiger partial charge in [-0.3, -0.25) is 4.90 Å². The van der Waals surface area contributed by atoms with E-state index in [0.717, 1.165) is 18.0 Å². The van der Waals surface area contributed by atoms with E-state index >= 15 is 0 Å². The molecule has 1 nitrogen and oxygen atoms in total. The highest BCUT2D eigenvalue weighted by Crippen LogP contribution is 2.38. The lowest BCUT2D eigenvalue weighted by atomic mass is 9.82. The zero-order chi connectivity index (χ0) is 12.3. The van der Waals surface area contributed by atoms with E-state index in [0.29, 0.717) is 0 Å². The molecular weight excluding hydrogens is 206 g/mol. The molecule has 0 aliphatic carbocycles. The van der Waals surface area contributed by atoms with Gasteiger partial charge in [0.05, 0.1) is 0 Å². The summed E-state index contributed by atoms with van der Waals surface area (Å²) in [7, 11) is 0. The molecule has 17 heavy (non-hydrogen) atoms. The van der Waals surface area contributed by atoms with Gasteiger partial charge in [0.15, 0.2) is 0 Å². The van der Waals surface area contributed by atoms with Crippen molar-refractivity contribution >= 4 is 0 Å². The maximum Gasteiger partial charge on any atom is 0.0161 e. The molecule has 2 fully saturated rings.